The van der Waals surface area contributed by atoms with E-state index < -0.39 is 29.1 Å². The lowest BCUT2D eigenvalue weighted by Gasteiger charge is -2.18. The van der Waals surface area contributed by atoms with Crippen LogP contribution in [-0.4, -0.2) is 44.2 Å². The molecule has 5 aromatic rings. The standard InChI is InChI=1S/C30H25F3N6O4/c1-17-36-27(43-38-17)25-13-19-12-23(42-2)7-8-24(19)39(25)22-5-3-18(4-6-22)14-35-28(41)29(9-10-29)37-26(40)20-11-21(16-34-15-20)30(31,32)33/h3-8,11-13,15-16H,9-10,14H2,1-2H3,(H,35,41)(H,37,40). The average Bonchev–Trinajstić information content (AvgIpc) is 3.49. The lowest BCUT2D eigenvalue weighted by molar-refractivity contribution is -0.137. The van der Waals surface area contributed by atoms with E-state index >= 15 is 0 Å². The number of halogens is 3. The molecule has 0 aliphatic heterocycles. The van der Waals surface area contributed by atoms with Crippen molar-refractivity contribution in [1.82, 2.24) is 30.3 Å². The first kappa shape index (κ1) is 27.9. The van der Waals surface area contributed by atoms with Crippen LogP contribution in [0.15, 0.2) is 71.5 Å². The normalized spacial score (nSPS) is 14.0. The van der Waals surface area contributed by atoms with Crippen molar-refractivity contribution in [2.75, 3.05) is 7.11 Å². The van der Waals surface area contributed by atoms with Crippen molar-refractivity contribution in [3.8, 4) is 23.0 Å². The number of aryl methyl sites for hydroxylation is 1. The van der Waals surface area contributed by atoms with Crippen molar-refractivity contribution in [1.29, 1.82) is 0 Å². The summed E-state index contributed by atoms with van der Waals surface area (Å²) in [6.45, 7) is 1.92. The summed E-state index contributed by atoms with van der Waals surface area (Å²) in [5.41, 5.74) is 0.743. The number of carbonyl (C=O) groups excluding carboxylic acids is 2. The smallest absolute Gasteiger partial charge is 0.417 e. The van der Waals surface area contributed by atoms with Crippen LogP contribution in [0.25, 0.3) is 28.2 Å². The maximum absolute atomic E-state index is 13.0. The summed E-state index contributed by atoms with van der Waals surface area (Å²) in [6.07, 6.45) is -2.21. The van der Waals surface area contributed by atoms with Gasteiger partial charge in [0.05, 0.1) is 23.8 Å². The molecule has 0 bridgehead atoms. The number of aromatic nitrogens is 4. The summed E-state index contributed by atoms with van der Waals surface area (Å²) >= 11 is 0. The van der Waals surface area contributed by atoms with Gasteiger partial charge in [-0.25, -0.2) is 0 Å². The van der Waals surface area contributed by atoms with Gasteiger partial charge in [-0.1, -0.05) is 17.3 Å². The first-order valence-corrected chi connectivity index (χ1v) is 13.3. The Morgan fingerprint density at radius 1 is 1.07 bits per heavy atom. The average molecular weight is 591 g/mol. The fourth-order valence-corrected chi connectivity index (χ4v) is 4.81. The molecule has 2 aromatic carbocycles. The van der Waals surface area contributed by atoms with Gasteiger partial charge in [0.15, 0.2) is 5.82 Å². The monoisotopic (exact) mass is 590 g/mol. The molecule has 0 unspecified atom stereocenters. The highest BCUT2D eigenvalue weighted by atomic mass is 19.4. The highest BCUT2D eigenvalue weighted by molar-refractivity contribution is 6.00. The molecule has 1 fully saturated rings. The first-order valence-electron chi connectivity index (χ1n) is 13.3. The number of fused-ring (bicyclic) bond motifs is 1. The van der Waals surface area contributed by atoms with E-state index in [1.807, 2.05) is 53.1 Å². The molecule has 2 N–H and O–H groups in total. The number of methoxy groups -OCH3 is 1. The number of hydrogen-bond donors (Lipinski definition) is 2. The van der Waals surface area contributed by atoms with Crippen LogP contribution < -0.4 is 15.4 Å². The minimum absolute atomic E-state index is 0.182. The Labute approximate surface area is 242 Å². The number of rotatable bonds is 8. The predicted octanol–water partition coefficient (Wildman–Crippen LogP) is 4.99. The van der Waals surface area contributed by atoms with E-state index in [1.165, 1.54) is 0 Å². The number of alkyl halides is 3. The highest BCUT2D eigenvalue weighted by Gasteiger charge is 2.51. The van der Waals surface area contributed by atoms with E-state index in [0.717, 1.165) is 28.4 Å². The summed E-state index contributed by atoms with van der Waals surface area (Å²) in [5, 5.41) is 10.2. The minimum Gasteiger partial charge on any atom is -0.497 e. The third kappa shape index (κ3) is 5.53. The number of nitrogens with zero attached hydrogens (tertiary/aromatic N) is 4. The Kier molecular flexibility index (Phi) is 6.87. The maximum Gasteiger partial charge on any atom is 0.417 e. The molecule has 2 amide bonds. The second-order valence-electron chi connectivity index (χ2n) is 10.3. The van der Waals surface area contributed by atoms with Crippen LogP contribution >= 0.6 is 0 Å². The third-order valence-electron chi connectivity index (χ3n) is 7.27. The number of hydrogen-bond acceptors (Lipinski definition) is 7. The minimum atomic E-state index is -4.64. The van der Waals surface area contributed by atoms with E-state index in [1.54, 1.807) is 14.0 Å². The number of amides is 2. The van der Waals surface area contributed by atoms with Crippen molar-refractivity contribution in [2.24, 2.45) is 0 Å². The Morgan fingerprint density at radius 3 is 2.49 bits per heavy atom. The summed E-state index contributed by atoms with van der Waals surface area (Å²) in [7, 11) is 1.60. The van der Waals surface area contributed by atoms with E-state index in [0.29, 0.717) is 48.3 Å². The van der Waals surface area contributed by atoms with Gasteiger partial charge in [-0.3, -0.25) is 14.6 Å². The molecule has 220 valence electrons. The summed E-state index contributed by atoms with van der Waals surface area (Å²) in [4.78, 5) is 33.5. The van der Waals surface area contributed by atoms with Crippen LogP contribution in [0.4, 0.5) is 13.2 Å². The highest BCUT2D eigenvalue weighted by Crippen LogP contribution is 2.37. The number of pyridine rings is 1. The molecule has 3 aromatic heterocycles. The summed E-state index contributed by atoms with van der Waals surface area (Å²) in [5.74, 6) is 0.372. The fourth-order valence-electron chi connectivity index (χ4n) is 4.81. The zero-order valence-corrected chi connectivity index (χ0v) is 23.0. The molecule has 43 heavy (non-hydrogen) atoms. The molecule has 0 atom stereocenters. The molecule has 0 radical (unpaired) electrons. The quantitative estimate of drug-likeness (QED) is 0.261. The summed E-state index contributed by atoms with van der Waals surface area (Å²) in [6, 6.07) is 15.9. The van der Waals surface area contributed by atoms with Crippen molar-refractivity contribution in [2.45, 2.75) is 38.0 Å². The first-order chi connectivity index (χ1) is 20.6. The molecule has 6 rings (SSSR count). The van der Waals surface area contributed by atoms with Gasteiger partial charge in [0.1, 0.15) is 17.0 Å². The van der Waals surface area contributed by atoms with Crippen LogP contribution in [-0.2, 0) is 17.5 Å². The van der Waals surface area contributed by atoms with Gasteiger partial charge in [0.2, 0.25) is 5.91 Å². The molecular formula is C30H25F3N6O4. The molecule has 1 aliphatic carbocycles. The van der Waals surface area contributed by atoms with E-state index in [-0.39, 0.29) is 12.1 Å². The molecule has 1 saturated carbocycles. The van der Waals surface area contributed by atoms with Gasteiger partial charge in [0.25, 0.3) is 11.8 Å². The lowest BCUT2D eigenvalue weighted by atomic mass is 10.1. The van der Waals surface area contributed by atoms with Gasteiger partial charge in [0, 0.05) is 30.0 Å². The Morgan fingerprint density at radius 2 is 1.84 bits per heavy atom. The van der Waals surface area contributed by atoms with E-state index in [2.05, 4.69) is 25.8 Å². The van der Waals surface area contributed by atoms with Crippen molar-refractivity contribution < 1.29 is 32.0 Å². The lowest BCUT2D eigenvalue weighted by Crippen LogP contribution is -2.48. The van der Waals surface area contributed by atoms with Crippen LogP contribution in [0.2, 0.25) is 0 Å². The predicted molar refractivity (Wildman–Crippen MR) is 148 cm³/mol. The van der Waals surface area contributed by atoms with Gasteiger partial charge < -0.3 is 24.5 Å². The van der Waals surface area contributed by atoms with E-state index in [4.69, 9.17) is 9.26 Å². The molecular weight excluding hydrogens is 565 g/mol. The van der Waals surface area contributed by atoms with E-state index in [9.17, 15) is 22.8 Å². The Balaban J connectivity index is 1.17. The molecule has 13 heteroatoms. The molecule has 0 saturated heterocycles. The number of benzene rings is 2. The molecule has 1 aliphatic rings. The van der Waals surface area contributed by atoms with Gasteiger partial charge in [-0.15, -0.1) is 0 Å². The van der Waals surface area contributed by atoms with Crippen molar-refractivity contribution >= 4 is 22.7 Å². The number of nitrogens with one attached hydrogen (secondary N) is 2. The molecule has 3 heterocycles. The Bertz CT molecular complexity index is 1840. The van der Waals surface area contributed by atoms with Crippen molar-refractivity contribution in [3.05, 3.63) is 89.5 Å². The van der Waals surface area contributed by atoms with Gasteiger partial charge in [-0.2, -0.15) is 18.2 Å². The van der Waals surface area contributed by atoms with Gasteiger partial charge >= 0.3 is 6.18 Å². The molecule has 10 nitrogen and oxygen atoms in total. The van der Waals surface area contributed by atoms with Crippen LogP contribution in [0.5, 0.6) is 5.75 Å². The van der Waals surface area contributed by atoms with Crippen LogP contribution in [0.1, 0.15) is 40.2 Å². The second-order valence-corrected chi connectivity index (χ2v) is 10.3. The van der Waals surface area contributed by atoms with Crippen molar-refractivity contribution in [3.63, 3.8) is 0 Å². The Hall–Kier alpha value is -5.20. The van der Waals surface area contributed by atoms with Gasteiger partial charge in [-0.05, 0) is 67.8 Å². The zero-order valence-electron chi connectivity index (χ0n) is 23.0. The zero-order chi connectivity index (χ0) is 30.4. The largest absolute Gasteiger partial charge is 0.497 e. The number of carbonyl (C=O) groups is 2. The van der Waals surface area contributed by atoms with Crippen LogP contribution in [0.3, 0.4) is 0 Å². The molecule has 0 spiro atoms. The SMILES string of the molecule is COc1ccc2c(c1)cc(-c1nc(C)no1)n2-c1ccc(CNC(=O)C2(NC(=O)c3cncc(C(F)(F)F)c3)CC2)cc1. The fraction of sp³-hybridized carbons (Fsp3) is 0.233. The topological polar surface area (TPSA) is 124 Å². The maximum atomic E-state index is 13.0. The summed E-state index contributed by atoms with van der Waals surface area (Å²) < 4.78 is 51.9. The van der Waals surface area contributed by atoms with Crippen LogP contribution in [0, 0.1) is 6.92 Å². The number of ether oxygens (including phenoxy) is 1. The third-order valence-corrected chi connectivity index (χ3v) is 7.27. The second kappa shape index (κ2) is 10.6.